The minimum atomic E-state index is 0.596. The van der Waals surface area contributed by atoms with Crippen LogP contribution in [-0.2, 0) is 0 Å². The molecule has 5 nitrogen and oxygen atoms in total. The zero-order valence-corrected chi connectivity index (χ0v) is 31.2. The zero-order valence-electron chi connectivity index (χ0n) is 30.4. The van der Waals surface area contributed by atoms with Crippen LogP contribution in [0.4, 0.5) is 0 Å². The summed E-state index contributed by atoms with van der Waals surface area (Å²) in [6, 6.07) is 63.9. The van der Waals surface area contributed by atoms with E-state index >= 15 is 0 Å². The summed E-state index contributed by atoms with van der Waals surface area (Å²) in [5.41, 5.74) is 10.1. The molecule has 0 fully saturated rings. The number of rotatable bonds is 5. The maximum atomic E-state index is 6.73. The molecule has 0 N–H and O–H groups in total. The second-order valence-corrected chi connectivity index (χ2v) is 15.5. The van der Waals surface area contributed by atoms with E-state index < -0.39 is 0 Å². The maximum Gasteiger partial charge on any atom is 0.164 e. The first-order valence-corrected chi connectivity index (χ1v) is 19.8. The molecule has 0 atom stereocenters. The first kappa shape index (κ1) is 31.9. The van der Waals surface area contributed by atoms with Crippen molar-refractivity contribution in [3.8, 4) is 51.0 Å². The van der Waals surface area contributed by atoms with E-state index in [1.165, 1.54) is 42.1 Å². The molecule has 0 aliphatic rings. The highest BCUT2D eigenvalue weighted by Gasteiger charge is 2.19. The van der Waals surface area contributed by atoms with Gasteiger partial charge < -0.3 is 8.98 Å². The number of fused-ring (bicyclic) bond motifs is 9. The van der Waals surface area contributed by atoms with Gasteiger partial charge in [-0.25, -0.2) is 15.0 Å². The van der Waals surface area contributed by atoms with Gasteiger partial charge in [0.2, 0.25) is 0 Å². The molecule has 12 aromatic rings. The molecular weight excluding hydrogens is 717 g/mol. The fraction of sp³-hybridized carbons (Fsp3) is 0. The molecule has 4 aromatic heterocycles. The molecule has 266 valence electrons. The van der Waals surface area contributed by atoms with Gasteiger partial charge >= 0.3 is 0 Å². The molecule has 8 aromatic carbocycles. The Kier molecular flexibility index (Phi) is 7.03. The first-order valence-electron chi connectivity index (χ1n) is 19.0. The molecule has 0 aliphatic carbocycles. The summed E-state index contributed by atoms with van der Waals surface area (Å²) in [5, 5.41) is 7.01. The predicted octanol–water partition coefficient (Wildman–Crippen LogP) is 13.9. The van der Waals surface area contributed by atoms with Crippen LogP contribution in [0.1, 0.15) is 0 Å². The van der Waals surface area contributed by atoms with E-state index in [9.17, 15) is 0 Å². The lowest BCUT2D eigenvalue weighted by Crippen LogP contribution is -2.00. The predicted molar refractivity (Wildman–Crippen MR) is 236 cm³/mol. The summed E-state index contributed by atoms with van der Waals surface area (Å²) in [6.45, 7) is 0. The fourth-order valence-electron chi connectivity index (χ4n) is 8.33. The summed E-state index contributed by atoms with van der Waals surface area (Å²) >= 11 is 1.79. The second kappa shape index (κ2) is 12.6. The molecule has 0 unspecified atom stereocenters. The Labute approximate surface area is 330 Å². The van der Waals surface area contributed by atoms with Crippen molar-refractivity contribution in [2.45, 2.75) is 0 Å². The van der Waals surface area contributed by atoms with Gasteiger partial charge in [-0.3, -0.25) is 0 Å². The van der Waals surface area contributed by atoms with Gasteiger partial charge in [0.15, 0.2) is 17.5 Å². The minimum absolute atomic E-state index is 0.596. The highest BCUT2D eigenvalue weighted by atomic mass is 32.1. The Balaban J connectivity index is 1.01. The lowest BCUT2D eigenvalue weighted by Gasteiger charge is -2.10. The number of benzene rings is 8. The van der Waals surface area contributed by atoms with Gasteiger partial charge in [0.25, 0.3) is 0 Å². The summed E-state index contributed by atoms with van der Waals surface area (Å²) in [7, 11) is 0. The Morgan fingerprint density at radius 2 is 0.965 bits per heavy atom. The number of furan rings is 1. The molecule has 6 heteroatoms. The average molecular weight is 747 g/mol. The minimum Gasteiger partial charge on any atom is -0.456 e. The van der Waals surface area contributed by atoms with Crippen molar-refractivity contribution in [1.82, 2.24) is 19.5 Å². The average Bonchev–Trinajstić information content (AvgIpc) is 3.94. The van der Waals surface area contributed by atoms with Crippen molar-refractivity contribution >= 4 is 75.3 Å². The second-order valence-electron chi connectivity index (χ2n) is 14.4. The maximum absolute atomic E-state index is 6.73. The van der Waals surface area contributed by atoms with Crippen molar-refractivity contribution in [2.24, 2.45) is 0 Å². The van der Waals surface area contributed by atoms with Gasteiger partial charge in [-0.2, -0.15) is 0 Å². The lowest BCUT2D eigenvalue weighted by molar-refractivity contribution is 0.669. The molecule has 0 amide bonds. The van der Waals surface area contributed by atoms with Crippen LogP contribution >= 0.6 is 11.3 Å². The largest absolute Gasteiger partial charge is 0.456 e. The SMILES string of the molecule is c1ccc(-c2cccc(-n3c4ccccc4c4cc5c(cc43)oc3cc(-c4nc(-c6ccccc6)nc(-c6ccc7c(c6)sc6ccccc67)n4)ccc35)c2)cc1. The Morgan fingerprint density at radius 3 is 1.77 bits per heavy atom. The number of thiophene rings is 1. The summed E-state index contributed by atoms with van der Waals surface area (Å²) < 4.78 is 11.6. The quantitative estimate of drug-likeness (QED) is 0.176. The van der Waals surface area contributed by atoms with Crippen LogP contribution in [0.25, 0.3) is 115 Å². The van der Waals surface area contributed by atoms with Crippen molar-refractivity contribution in [2.75, 3.05) is 0 Å². The third-order valence-corrected chi connectivity index (χ3v) is 12.2. The molecule has 0 saturated carbocycles. The molecule has 0 aliphatic heterocycles. The van der Waals surface area contributed by atoms with Crippen LogP contribution in [0, 0.1) is 0 Å². The normalized spacial score (nSPS) is 11.9. The molecule has 0 bridgehead atoms. The molecule has 0 saturated heterocycles. The summed E-state index contributed by atoms with van der Waals surface area (Å²) in [6.07, 6.45) is 0. The van der Waals surface area contributed by atoms with E-state index in [-0.39, 0.29) is 0 Å². The third-order valence-electron chi connectivity index (χ3n) is 11.0. The van der Waals surface area contributed by atoms with Crippen molar-refractivity contribution < 1.29 is 4.42 Å². The molecule has 0 radical (unpaired) electrons. The number of nitrogens with zero attached hydrogens (tertiary/aromatic N) is 4. The Bertz CT molecular complexity index is 3530. The van der Waals surface area contributed by atoms with Gasteiger partial charge in [-0.05, 0) is 59.7 Å². The molecular formula is C51H30N4OS. The van der Waals surface area contributed by atoms with E-state index in [0.29, 0.717) is 17.5 Å². The third kappa shape index (κ3) is 5.19. The zero-order chi connectivity index (χ0) is 37.5. The van der Waals surface area contributed by atoms with E-state index in [1.54, 1.807) is 11.3 Å². The number of aromatic nitrogens is 4. The monoisotopic (exact) mass is 746 g/mol. The van der Waals surface area contributed by atoms with Crippen molar-refractivity contribution in [3.05, 3.63) is 182 Å². The summed E-state index contributed by atoms with van der Waals surface area (Å²) in [5.74, 6) is 1.86. The van der Waals surface area contributed by atoms with Crippen LogP contribution in [0.15, 0.2) is 186 Å². The van der Waals surface area contributed by atoms with Crippen LogP contribution in [0.5, 0.6) is 0 Å². The van der Waals surface area contributed by atoms with E-state index in [4.69, 9.17) is 19.4 Å². The highest BCUT2D eigenvalue weighted by Crippen LogP contribution is 2.40. The standard InChI is InChI=1S/C51H30N4OS/c1-3-12-31(13-4-1)33-16-11-17-36(26-33)55-43-20-9-7-18-37(43)41-29-42-38-24-22-34(27-45(38)56-46(42)30-44(41)55)50-52-49(32-14-5-2-6-15-32)53-51(54-50)35-23-25-40-39-19-8-10-21-47(39)57-48(40)28-35/h1-30H. The van der Waals surface area contributed by atoms with Crippen LogP contribution in [0.3, 0.4) is 0 Å². The van der Waals surface area contributed by atoms with E-state index in [1.807, 2.05) is 30.3 Å². The van der Waals surface area contributed by atoms with Gasteiger partial charge in [0, 0.05) is 70.2 Å². The van der Waals surface area contributed by atoms with Gasteiger partial charge in [-0.1, -0.05) is 127 Å². The van der Waals surface area contributed by atoms with Crippen LogP contribution in [0.2, 0.25) is 0 Å². The Hall–Kier alpha value is -7.41. The molecule has 57 heavy (non-hydrogen) atoms. The first-order chi connectivity index (χ1) is 28.2. The van der Waals surface area contributed by atoms with Gasteiger partial charge in [-0.15, -0.1) is 11.3 Å². The molecule has 12 rings (SSSR count). The lowest BCUT2D eigenvalue weighted by atomic mass is 10.1. The molecule has 4 heterocycles. The number of hydrogen-bond donors (Lipinski definition) is 0. The van der Waals surface area contributed by atoms with Crippen molar-refractivity contribution in [1.29, 1.82) is 0 Å². The number of hydrogen-bond acceptors (Lipinski definition) is 5. The van der Waals surface area contributed by atoms with E-state index in [0.717, 1.165) is 55.3 Å². The number of para-hydroxylation sites is 1. The van der Waals surface area contributed by atoms with Gasteiger partial charge in [0.05, 0.1) is 11.0 Å². The van der Waals surface area contributed by atoms with Crippen molar-refractivity contribution in [3.63, 3.8) is 0 Å². The highest BCUT2D eigenvalue weighted by molar-refractivity contribution is 7.25. The van der Waals surface area contributed by atoms with Crippen LogP contribution < -0.4 is 0 Å². The van der Waals surface area contributed by atoms with E-state index in [2.05, 4.69) is 156 Å². The fourth-order valence-corrected chi connectivity index (χ4v) is 9.47. The molecule has 0 spiro atoms. The Morgan fingerprint density at radius 1 is 0.351 bits per heavy atom. The topological polar surface area (TPSA) is 56.7 Å². The summed E-state index contributed by atoms with van der Waals surface area (Å²) in [4.78, 5) is 15.2. The van der Waals surface area contributed by atoms with Gasteiger partial charge in [0.1, 0.15) is 11.2 Å². The van der Waals surface area contributed by atoms with Crippen LogP contribution in [-0.4, -0.2) is 19.5 Å². The smallest absolute Gasteiger partial charge is 0.164 e.